The van der Waals surface area contributed by atoms with Crippen LogP contribution < -0.4 is 4.72 Å². The molecule has 6 heteroatoms. The third-order valence-electron chi connectivity index (χ3n) is 2.72. The SMILES string of the molecule is CCC1CC1NS(=O)(=O)c1cnc(C)[nH]1. The van der Waals surface area contributed by atoms with Crippen LogP contribution in [-0.2, 0) is 10.0 Å². The van der Waals surface area contributed by atoms with Gasteiger partial charge in [0.2, 0.25) is 0 Å². The van der Waals surface area contributed by atoms with E-state index < -0.39 is 10.0 Å². The van der Waals surface area contributed by atoms with Gasteiger partial charge in [-0.25, -0.2) is 18.1 Å². The molecule has 15 heavy (non-hydrogen) atoms. The highest BCUT2D eigenvalue weighted by molar-refractivity contribution is 7.89. The van der Waals surface area contributed by atoms with Crippen LogP contribution in [0.4, 0.5) is 0 Å². The van der Waals surface area contributed by atoms with Gasteiger partial charge in [0.25, 0.3) is 10.0 Å². The Labute approximate surface area is 89.4 Å². The summed E-state index contributed by atoms with van der Waals surface area (Å²) in [7, 11) is -3.39. The number of nitrogens with zero attached hydrogens (tertiary/aromatic N) is 1. The van der Waals surface area contributed by atoms with Crippen LogP contribution >= 0.6 is 0 Å². The zero-order valence-electron chi connectivity index (χ0n) is 8.82. The Balaban J connectivity index is 2.08. The zero-order chi connectivity index (χ0) is 11.1. The molecule has 1 aromatic rings. The van der Waals surface area contributed by atoms with Gasteiger partial charge in [0.05, 0.1) is 6.20 Å². The van der Waals surface area contributed by atoms with Crippen molar-refractivity contribution in [3.8, 4) is 0 Å². The summed E-state index contributed by atoms with van der Waals surface area (Å²) in [5, 5.41) is 0.154. The second-order valence-electron chi connectivity index (χ2n) is 3.96. The van der Waals surface area contributed by atoms with Crippen LogP contribution in [0.1, 0.15) is 25.6 Å². The molecule has 1 saturated carbocycles. The van der Waals surface area contributed by atoms with E-state index in [0.29, 0.717) is 11.7 Å². The number of nitrogens with one attached hydrogen (secondary N) is 2. The van der Waals surface area contributed by atoms with E-state index in [1.165, 1.54) is 6.20 Å². The predicted octanol–water partition coefficient (Wildman–Crippen LogP) is 0.795. The molecular formula is C9H15N3O2S. The first-order valence-electron chi connectivity index (χ1n) is 5.07. The van der Waals surface area contributed by atoms with Crippen LogP contribution in [0.3, 0.4) is 0 Å². The largest absolute Gasteiger partial charge is 0.332 e. The lowest BCUT2D eigenvalue weighted by Crippen LogP contribution is -2.27. The van der Waals surface area contributed by atoms with Gasteiger partial charge in [0, 0.05) is 6.04 Å². The van der Waals surface area contributed by atoms with Crippen LogP contribution in [0.15, 0.2) is 11.2 Å². The lowest BCUT2D eigenvalue weighted by atomic mass is 10.3. The highest BCUT2D eigenvalue weighted by atomic mass is 32.2. The lowest BCUT2D eigenvalue weighted by Gasteiger charge is -2.02. The predicted molar refractivity (Wildman–Crippen MR) is 55.8 cm³/mol. The number of imidazole rings is 1. The fourth-order valence-corrected chi connectivity index (χ4v) is 2.93. The van der Waals surface area contributed by atoms with Crippen molar-refractivity contribution in [2.75, 3.05) is 0 Å². The number of aryl methyl sites for hydroxylation is 1. The molecule has 2 unspecified atom stereocenters. The Hall–Kier alpha value is -0.880. The number of H-pyrrole nitrogens is 1. The van der Waals surface area contributed by atoms with Gasteiger partial charge in [-0.2, -0.15) is 0 Å². The Morgan fingerprint density at radius 3 is 2.87 bits per heavy atom. The summed E-state index contributed by atoms with van der Waals surface area (Å²) < 4.78 is 26.2. The van der Waals surface area contributed by atoms with Gasteiger partial charge in [0.1, 0.15) is 5.82 Å². The summed E-state index contributed by atoms with van der Waals surface area (Å²) in [5.41, 5.74) is 0. The van der Waals surface area contributed by atoms with Crippen LogP contribution in [0, 0.1) is 12.8 Å². The Morgan fingerprint density at radius 2 is 2.40 bits per heavy atom. The number of hydrogen-bond donors (Lipinski definition) is 2. The van der Waals surface area contributed by atoms with E-state index >= 15 is 0 Å². The smallest absolute Gasteiger partial charge is 0.257 e. The summed E-state index contributed by atoms with van der Waals surface area (Å²) in [6.07, 6.45) is 3.32. The number of aromatic amines is 1. The van der Waals surface area contributed by atoms with Crippen molar-refractivity contribution in [1.29, 1.82) is 0 Å². The normalized spacial score (nSPS) is 25.5. The monoisotopic (exact) mass is 229 g/mol. The van der Waals surface area contributed by atoms with E-state index in [4.69, 9.17) is 0 Å². The minimum Gasteiger partial charge on any atom is -0.332 e. The molecule has 2 N–H and O–H groups in total. The number of hydrogen-bond acceptors (Lipinski definition) is 3. The molecular weight excluding hydrogens is 214 g/mol. The molecule has 0 spiro atoms. The van der Waals surface area contributed by atoms with Crippen LogP contribution in [0.5, 0.6) is 0 Å². The maximum absolute atomic E-state index is 11.8. The van der Waals surface area contributed by atoms with Crippen molar-refractivity contribution in [3.05, 3.63) is 12.0 Å². The lowest BCUT2D eigenvalue weighted by molar-refractivity contribution is 0.572. The molecule has 1 aromatic heterocycles. The molecule has 0 amide bonds. The summed E-state index contributed by atoms with van der Waals surface area (Å²) in [6.45, 7) is 3.80. The van der Waals surface area contributed by atoms with Gasteiger partial charge < -0.3 is 4.98 Å². The van der Waals surface area contributed by atoms with E-state index in [1.807, 2.05) is 0 Å². The molecule has 84 valence electrons. The number of rotatable bonds is 4. The standard InChI is InChI=1S/C9H15N3O2S/c1-3-7-4-8(7)12-15(13,14)9-5-10-6(2)11-9/h5,7-8,12H,3-4H2,1-2H3,(H,10,11). The van der Waals surface area contributed by atoms with Crippen molar-refractivity contribution < 1.29 is 8.42 Å². The van der Waals surface area contributed by atoms with E-state index in [-0.39, 0.29) is 11.1 Å². The first-order valence-corrected chi connectivity index (χ1v) is 6.55. The van der Waals surface area contributed by atoms with Gasteiger partial charge in [-0.1, -0.05) is 13.3 Å². The van der Waals surface area contributed by atoms with Crippen molar-refractivity contribution in [1.82, 2.24) is 14.7 Å². The zero-order valence-corrected chi connectivity index (χ0v) is 9.63. The van der Waals surface area contributed by atoms with E-state index in [2.05, 4.69) is 21.6 Å². The number of sulfonamides is 1. The first-order chi connectivity index (χ1) is 7.03. The molecule has 1 heterocycles. The average Bonchev–Trinajstić information content (AvgIpc) is 2.74. The average molecular weight is 229 g/mol. The fourth-order valence-electron chi connectivity index (χ4n) is 1.64. The summed E-state index contributed by atoms with van der Waals surface area (Å²) in [5.74, 6) is 1.11. The summed E-state index contributed by atoms with van der Waals surface area (Å²) in [6, 6.07) is 0.114. The third kappa shape index (κ3) is 2.21. The quantitative estimate of drug-likeness (QED) is 0.801. The maximum atomic E-state index is 11.8. The topological polar surface area (TPSA) is 74.8 Å². The molecule has 2 rings (SSSR count). The molecule has 2 atom stereocenters. The van der Waals surface area contributed by atoms with Gasteiger partial charge in [-0.15, -0.1) is 0 Å². The highest BCUT2D eigenvalue weighted by Gasteiger charge is 2.38. The Bertz CT molecular complexity index is 452. The van der Waals surface area contributed by atoms with Crippen molar-refractivity contribution >= 4 is 10.0 Å². The molecule has 0 aliphatic heterocycles. The third-order valence-corrected chi connectivity index (χ3v) is 4.12. The minimum atomic E-state index is -3.39. The van der Waals surface area contributed by atoms with Gasteiger partial charge in [0.15, 0.2) is 5.03 Å². The minimum absolute atomic E-state index is 0.114. The van der Waals surface area contributed by atoms with Crippen LogP contribution in [0.25, 0.3) is 0 Å². The Morgan fingerprint density at radius 1 is 1.67 bits per heavy atom. The second kappa shape index (κ2) is 3.61. The van der Waals surface area contributed by atoms with Gasteiger partial charge in [-0.05, 0) is 19.3 Å². The summed E-state index contributed by atoms with van der Waals surface area (Å²) in [4.78, 5) is 6.60. The van der Waals surface area contributed by atoms with Crippen molar-refractivity contribution in [2.45, 2.75) is 37.8 Å². The maximum Gasteiger partial charge on any atom is 0.257 e. The van der Waals surface area contributed by atoms with Crippen LogP contribution in [-0.4, -0.2) is 24.4 Å². The van der Waals surface area contributed by atoms with Crippen molar-refractivity contribution in [3.63, 3.8) is 0 Å². The Kier molecular flexibility index (Phi) is 2.56. The summed E-state index contributed by atoms with van der Waals surface area (Å²) >= 11 is 0. The molecule has 0 radical (unpaired) electrons. The number of aromatic nitrogens is 2. The molecule has 0 bridgehead atoms. The molecule has 0 saturated heterocycles. The van der Waals surface area contributed by atoms with Crippen LogP contribution in [0.2, 0.25) is 0 Å². The van der Waals surface area contributed by atoms with Crippen molar-refractivity contribution in [2.24, 2.45) is 5.92 Å². The molecule has 5 nitrogen and oxygen atoms in total. The molecule has 1 aliphatic rings. The van der Waals surface area contributed by atoms with E-state index in [0.717, 1.165) is 12.8 Å². The molecule has 1 aliphatic carbocycles. The highest BCUT2D eigenvalue weighted by Crippen LogP contribution is 2.34. The fraction of sp³-hybridized carbons (Fsp3) is 0.667. The first kappa shape index (κ1) is 10.6. The second-order valence-corrected chi connectivity index (χ2v) is 5.65. The van der Waals surface area contributed by atoms with Gasteiger partial charge in [-0.3, -0.25) is 0 Å². The van der Waals surface area contributed by atoms with E-state index in [9.17, 15) is 8.42 Å². The molecule has 1 fully saturated rings. The molecule has 0 aromatic carbocycles. The van der Waals surface area contributed by atoms with E-state index in [1.54, 1.807) is 6.92 Å². The van der Waals surface area contributed by atoms with Gasteiger partial charge >= 0.3 is 0 Å².